The molecule has 2 aliphatic carbocycles. The lowest BCUT2D eigenvalue weighted by Crippen LogP contribution is -2.64. The molecule has 2 bridgehead atoms. The first-order valence-corrected chi connectivity index (χ1v) is 8.20. The lowest BCUT2D eigenvalue weighted by molar-refractivity contribution is -0.115. The van der Waals surface area contributed by atoms with Crippen LogP contribution in [0.5, 0.6) is 0 Å². The van der Waals surface area contributed by atoms with Crippen LogP contribution in [0.1, 0.15) is 31.0 Å². The van der Waals surface area contributed by atoms with Gasteiger partial charge in [-0.2, -0.15) is 0 Å². The molecule has 0 radical (unpaired) electrons. The van der Waals surface area contributed by atoms with Gasteiger partial charge in [-0.1, -0.05) is 11.6 Å². The van der Waals surface area contributed by atoms with Crippen LogP contribution in [-0.4, -0.2) is 36.7 Å². The van der Waals surface area contributed by atoms with Crippen molar-refractivity contribution in [1.82, 2.24) is 9.88 Å². The molecule has 4 atom stereocenters. The van der Waals surface area contributed by atoms with Crippen LogP contribution in [0.15, 0.2) is 28.6 Å². The summed E-state index contributed by atoms with van der Waals surface area (Å²) >= 11 is 0. The highest BCUT2D eigenvalue weighted by atomic mass is 16.5. The largest absolute Gasteiger partial charge is 0.381 e. The van der Waals surface area contributed by atoms with E-state index in [1.165, 1.54) is 11.1 Å². The summed E-state index contributed by atoms with van der Waals surface area (Å²) < 4.78 is 5.89. The number of ether oxygens (including phenoxy) is 1. The van der Waals surface area contributed by atoms with Gasteiger partial charge in [0.2, 0.25) is 5.56 Å². The Bertz CT molecular complexity index is 693. The lowest BCUT2D eigenvalue weighted by Gasteiger charge is -2.60. The average molecular weight is 300 g/mol. The number of hydrogen-bond acceptors (Lipinski definition) is 3. The standard InChI is InChI=1S/C18H24N2O2/c1-11-8-12-9-14-13(4-5-16(21)19-14)18(10-11)17(12)15(22-3)6-7-20(18)2/h4-5,8,12,15,17H,6-7,9-10H2,1-3H3,(H,19,21)/t12-,15+,17-,18-/m0/s1. The van der Waals surface area contributed by atoms with Gasteiger partial charge in [0, 0.05) is 31.3 Å². The number of pyridine rings is 1. The minimum Gasteiger partial charge on any atom is -0.381 e. The van der Waals surface area contributed by atoms with Crippen molar-refractivity contribution in [2.24, 2.45) is 11.8 Å². The van der Waals surface area contributed by atoms with Gasteiger partial charge >= 0.3 is 0 Å². The highest BCUT2D eigenvalue weighted by Gasteiger charge is 2.57. The van der Waals surface area contributed by atoms with Gasteiger partial charge in [0.1, 0.15) is 0 Å². The molecule has 4 nitrogen and oxygen atoms in total. The second kappa shape index (κ2) is 4.80. The van der Waals surface area contributed by atoms with Crippen molar-refractivity contribution in [2.45, 2.75) is 37.8 Å². The highest BCUT2D eigenvalue weighted by Crippen LogP contribution is 2.56. The molecule has 1 aromatic heterocycles. The molecule has 1 aromatic rings. The topological polar surface area (TPSA) is 45.3 Å². The molecule has 1 N–H and O–H groups in total. The molecule has 2 heterocycles. The number of likely N-dealkylation sites (tertiary alicyclic amines) is 1. The van der Waals surface area contributed by atoms with E-state index in [-0.39, 0.29) is 11.1 Å². The summed E-state index contributed by atoms with van der Waals surface area (Å²) in [6, 6.07) is 3.74. The fourth-order valence-corrected chi connectivity index (χ4v) is 5.35. The van der Waals surface area contributed by atoms with Crippen molar-refractivity contribution in [3.63, 3.8) is 0 Å². The van der Waals surface area contributed by atoms with Gasteiger partial charge in [0.05, 0.1) is 11.6 Å². The third kappa shape index (κ3) is 1.74. The highest BCUT2D eigenvalue weighted by molar-refractivity contribution is 5.40. The first kappa shape index (κ1) is 14.2. The predicted octanol–water partition coefficient (Wildman–Crippen LogP) is 2.06. The van der Waals surface area contributed by atoms with Crippen LogP contribution in [0.3, 0.4) is 0 Å². The number of rotatable bonds is 1. The fourth-order valence-electron chi connectivity index (χ4n) is 5.35. The second-order valence-corrected chi connectivity index (χ2v) is 7.21. The molecule has 0 unspecified atom stereocenters. The Morgan fingerprint density at radius 3 is 3.00 bits per heavy atom. The maximum atomic E-state index is 11.8. The molecular formula is C18H24N2O2. The monoisotopic (exact) mass is 300 g/mol. The zero-order valence-corrected chi connectivity index (χ0v) is 13.6. The Morgan fingerprint density at radius 2 is 2.23 bits per heavy atom. The van der Waals surface area contributed by atoms with Crippen LogP contribution in [0, 0.1) is 11.8 Å². The van der Waals surface area contributed by atoms with Crippen molar-refractivity contribution < 1.29 is 4.74 Å². The Hall–Kier alpha value is -1.39. The predicted molar refractivity (Wildman–Crippen MR) is 85.8 cm³/mol. The quantitative estimate of drug-likeness (QED) is 0.808. The van der Waals surface area contributed by atoms with Crippen LogP contribution in [-0.2, 0) is 16.7 Å². The molecule has 22 heavy (non-hydrogen) atoms. The molecule has 0 amide bonds. The maximum absolute atomic E-state index is 11.8. The number of piperidine rings is 1. The van der Waals surface area contributed by atoms with Crippen molar-refractivity contribution in [2.75, 3.05) is 20.7 Å². The van der Waals surface area contributed by atoms with E-state index in [1.807, 2.05) is 7.11 Å². The minimum absolute atomic E-state index is 0.00845. The third-order valence-corrected chi connectivity index (χ3v) is 6.10. The van der Waals surface area contributed by atoms with E-state index >= 15 is 0 Å². The minimum atomic E-state index is -0.0276. The van der Waals surface area contributed by atoms with E-state index < -0.39 is 0 Å². The zero-order chi connectivity index (χ0) is 15.5. The Labute approximate surface area is 131 Å². The number of fused-ring (bicyclic) bond motifs is 1. The van der Waals surface area contributed by atoms with E-state index in [1.54, 1.807) is 6.07 Å². The molecule has 0 spiro atoms. The molecule has 1 aliphatic heterocycles. The van der Waals surface area contributed by atoms with E-state index in [2.05, 4.69) is 36.0 Å². The normalized spacial score (nSPS) is 37.2. The summed E-state index contributed by atoms with van der Waals surface area (Å²) in [6.07, 6.45) is 5.75. The van der Waals surface area contributed by atoms with Gasteiger partial charge in [0.25, 0.3) is 0 Å². The maximum Gasteiger partial charge on any atom is 0.248 e. The molecule has 4 heteroatoms. The summed E-state index contributed by atoms with van der Waals surface area (Å²) in [5.74, 6) is 0.922. The van der Waals surface area contributed by atoms with Crippen molar-refractivity contribution >= 4 is 0 Å². The van der Waals surface area contributed by atoms with E-state index in [0.717, 1.165) is 31.5 Å². The molecule has 118 valence electrons. The number of nitrogens with zero attached hydrogens (tertiary/aromatic N) is 1. The van der Waals surface area contributed by atoms with Gasteiger partial charge in [0.15, 0.2) is 0 Å². The Balaban J connectivity index is 1.98. The molecule has 0 aromatic carbocycles. The van der Waals surface area contributed by atoms with E-state index in [0.29, 0.717) is 17.9 Å². The van der Waals surface area contributed by atoms with E-state index in [9.17, 15) is 4.79 Å². The number of aromatic amines is 1. The second-order valence-electron chi connectivity index (χ2n) is 7.21. The Kier molecular flexibility index (Phi) is 3.10. The van der Waals surface area contributed by atoms with Gasteiger partial charge in [-0.3, -0.25) is 9.69 Å². The lowest BCUT2D eigenvalue weighted by atomic mass is 9.55. The molecule has 4 rings (SSSR count). The molecule has 0 saturated carbocycles. The average Bonchev–Trinajstić information content (AvgIpc) is 2.47. The SMILES string of the molecule is CO[C@@H]1CCN(C)[C@@]23CC(C)=C[C@@H](Cc4[nH]c(=O)ccc42)[C@@H]13. The number of aromatic nitrogens is 1. The van der Waals surface area contributed by atoms with Gasteiger partial charge < -0.3 is 9.72 Å². The number of H-pyrrole nitrogens is 1. The van der Waals surface area contributed by atoms with Gasteiger partial charge in [-0.15, -0.1) is 0 Å². The van der Waals surface area contributed by atoms with Crippen LogP contribution in [0.4, 0.5) is 0 Å². The number of methoxy groups -OCH3 is 1. The zero-order valence-electron chi connectivity index (χ0n) is 13.6. The first-order chi connectivity index (χ1) is 10.6. The van der Waals surface area contributed by atoms with Crippen molar-refractivity contribution in [3.05, 3.63) is 45.4 Å². The number of allylic oxidation sites excluding steroid dienone is 1. The molecule has 1 saturated heterocycles. The van der Waals surface area contributed by atoms with Crippen molar-refractivity contribution in [1.29, 1.82) is 0 Å². The summed E-state index contributed by atoms with van der Waals surface area (Å²) in [5, 5.41) is 0. The van der Waals surface area contributed by atoms with Crippen LogP contribution < -0.4 is 5.56 Å². The number of hydrogen-bond donors (Lipinski definition) is 1. The first-order valence-electron chi connectivity index (χ1n) is 8.20. The van der Waals surface area contributed by atoms with E-state index in [4.69, 9.17) is 4.74 Å². The third-order valence-electron chi connectivity index (χ3n) is 6.10. The molecular weight excluding hydrogens is 276 g/mol. The smallest absolute Gasteiger partial charge is 0.248 e. The van der Waals surface area contributed by atoms with Crippen LogP contribution in [0.25, 0.3) is 0 Å². The van der Waals surface area contributed by atoms with Crippen LogP contribution in [0.2, 0.25) is 0 Å². The number of nitrogens with one attached hydrogen (secondary N) is 1. The van der Waals surface area contributed by atoms with Gasteiger partial charge in [-0.25, -0.2) is 0 Å². The Morgan fingerprint density at radius 1 is 1.41 bits per heavy atom. The van der Waals surface area contributed by atoms with Crippen LogP contribution >= 0.6 is 0 Å². The summed E-state index contributed by atoms with van der Waals surface area (Å²) in [6.45, 7) is 3.28. The summed E-state index contributed by atoms with van der Waals surface area (Å²) in [5.41, 5.74) is 3.88. The molecule has 3 aliphatic rings. The van der Waals surface area contributed by atoms with Gasteiger partial charge in [-0.05, 0) is 50.8 Å². The molecule has 1 fully saturated rings. The van der Waals surface area contributed by atoms with Crippen molar-refractivity contribution in [3.8, 4) is 0 Å². The summed E-state index contributed by atoms with van der Waals surface area (Å²) in [7, 11) is 4.08. The summed E-state index contributed by atoms with van der Waals surface area (Å²) in [4.78, 5) is 17.4. The fraction of sp³-hybridized carbons (Fsp3) is 0.611.